The Kier molecular flexibility index (Phi) is 4.80. The van der Waals surface area contributed by atoms with Gasteiger partial charge in [-0.3, -0.25) is 9.78 Å². The molecule has 0 spiro atoms. The van der Waals surface area contributed by atoms with Crippen LogP contribution < -0.4 is 0 Å². The van der Waals surface area contributed by atoms with Gasteiger partial charge in [0.15, 0.2) is 9.84 Å². The first-order valence-corrected chi connectivity index (χ1v) is 10.5. The van der Waals surface area contributed by atoms with Crippen LogP contribution in [0.5, 0.6) is 0 Å². The molecule has 4 rings (SSSR count). The summed E-state index contributed by atoms with van der Waals surface area (Å²) in [4.78, 5) is 23.1. The Morgan fingerprint density at radius 2 is 1.64 bits per heavy atom. The Morgan fingerprint density at radius 1 is 1.00 bits per heavy atom. The number of nitrogens with zero attached hydrogens (tertiary/aromatic N) is 3. The molecule has 0 N–H and O–H groups in total. The van der Waals surface area contributed by atoms with Crippen LogP contribution >= 0.6 is 0 Å². The van der Waals surface area contributed by atoms with Crippen LogP contribution in [0.15, 0.2) is 59.6 Å². The number of halogens is 1. The number of aromatic nitrogens is 2. The Labute approximate surface area is 162 Å². The van der Waals surface area contributed by atoms with Crippen LogP contribution in [0.25, 0.3) is 11.0 Å². The van der Waals surface area contributed by atoms with Crippen LogP contribution in [-0.4, -0.2) is 47.5 Å². The van der Waals surface area contributed by atoms with Crippen molar-refractivity contribution in [1.82, 2.24) is 14.9 Å². The summed E-state index contributed by atoms with van der Waals surface area (Å²) in [5.74, 6) is -0.730. The molecule has 1 saturated heterocycles. The Bertz CT molecular complexity index is 1120. The second-order valence-electron chi connectivity index (χ2n) is 6.73. The van der Waals surface area contributed by atoms with Gasteiger partial charge in [0, 0.05) is 13.1 Å². The number of benzene rings is 2. The second-order valence-corrected chi connectivity index (χ2v) is 8.96. The first-order chi connectivity index (χ1) is 13.4. The van der Waals surface area contributed by atoms with Gasteiger partial charge in [-0.1, -0.05) is 12.1 Å². The van der Waals surface area contributed by atoms with Gasteiger partial charge in [0.05, 0.1) is 27.4 Å². The van der Waals surface area contributed by atoms with E-state index in [1.165, 1.54) is 18.3 Å². The van der Waals surface area contributed by atoms with E-state index in [1.54, 1.807) is 11.0 Å². The lowest BCUT2D eigenvalue weighted by atomic mass is 10.1. The average Bonchev–Trinajstić information content (AvgIpc) is 2.73. The smallest absolute Gasteiger partial charge is 0.274 e. The Morgan fingerprint density at radius 3 is 2.32 bits per heavy atom. The molecule has 0 atom stereocenters. The average molecular weight is 399 g/mol. The lowest BCUT2D eigenvalue weighted by Gasteiger charge is -2.31. The van der Waals surface area contributed by atoms with Crippen molar-refractivity contribution >= 4 is 26.8 Å². The molecule has 0 unspecified atom stereocenters. The number of para-hydroxylation sites is 2. The number of hydrogen-bond donors (Lipinski definition) is 0. The van der Waals surface area contributed by atoms with Gasteiger partial charge >= 0.3 is 0 Å². The van der Waals surface area contributed by atoms with E-state index in [0.29, 0.717) is 37.0 Å². The number of amides is 1. The van der Waals surface area contributed by atoms with Crippen molar-refractivity contribution in [2.24, 2.45) is 0 Å². The molecule has 28 heavy (non-hydrogen) atoms. The Hall–Kier alpha value is -2.87. The number of carbonyl (C=O) groups excluding carboxylic acids is 1. The van der Waals surface area contributed by atoms with E-state index in [9.17, 15) is 17.6 Å². The SMILES string of the molecule is O=C(c1cnc2ccccc2n1)N1CCC(S(=O)(=O)c2ccc(F)cc2)CC1. The van der Waals surface area contributed by atoms with Gasteiger partial charge in [0.25, 0.3) is 5.91 Å². The molecular formula is C20H18FN3O3S. The molecule has 1 amide bonds. The summed E-state index contributed by atoms with van der Waals surface area (Å²) in [6.45, 7) is 0.636. The number of likely N-dealkylation sites (tertiary alicyclic amines) is 1. The zero-order valence-electron chi connectivity index (χ0n) is 15.0. The largest absolute Gasteiger partial charge is 0.337 e. The molecule has 0 saturated carbocycles. The van der Waals surface area contributed by atoms with Crippen LogP contribution in [-0.2, 0) is 9.84 Å². The summed E-state index contributed by atoms with van der Waals surface area (Å²) >= 11 is 0. The van der Waals surface area contributed by atoms with Crippen LogP contribution in [0, 0.1) is 5.82 Å². The van der Waals surface area contributed by atoms with E-state index in [-0.39, 0.29) is 16.5 Å². The summed E-state index contributed by atoms with van der Waals surface area (Å²) in [7, 11) is -3.55. The topological polar surface area (TPSA) is 80.2 Å². The Balaban J connectivity index is 1.47. The minimum Gasteiger partial charge on any atom is -0.337 e. The number of sulfone groups is 1. The molecule has 2 aromatic carbocycles. The van der Waals surface area contributed by atoms with Crippen molar-refractivity contribution in [2.45, 2.75) is 23.0 Å². The van der Waals surface area contributed by atoms with Gasteiger partial charge in [0.2, 0.25) is 0 Å². The van der Waals surface area contributed by atoms with Crippen LogP contribution in [0.3, 0.4) is 0 Å². The lowest BCUT2D eigenvalue weighted by molar-refractivity contribution is 0.0719. The van der Waals surface area contributed by atoms with E-state index in [0.717, 1.165) is 12.1 Å². The predicted octanol–water partition coefficient (Wildman–Crippen LogP) is 2.85. The number of hydrogen-bond acceptors (Lipinski definition) is 5. The summed E-state index contributed by atoms with van der Waals surface area (Å²) in [5, 5.41) is -0.593. The molecule has 1 fully saturated rings. The van der Waals surface area contributed by atoms with Gasteiger partial charge in [-0.2, -0.15) is 0 Å². The predicted molar refractivity (Wildman–Crippen MR) is 102 cm³/mol. The summed E-state index contributed by atoms with van der Waals surface area (Å²) in [6, 6.07) is 12.2. The van der Waals surface area contributed by atoms with Crippen LogP contribution in [0.4, 0.5) is 4.39 Å². The van der Waals surface area contributed by atoms with E-state index in [4.69, 9.17) is 0 Å². The zero-order valence-corrected chi connectivity index (χ0v) is 15.8. The van der Waals surface area contributed by atoms with Gasteiger partial charge in [-0.25, -0.2) is 17.8 Å². The third kappa shape index (κ3) is 3.47. The minimum absolute atomic E-state index is 0.110. The van der Waals surface area contributed by atoms with E-state index in [2.05, 4.69) is 9.97 Å². The monoisotopic (exact) mass is 399 g/mol. The second kappa shape index (κ2) is 7.27. The molecule has 0 aliphatic carbocycles. The van der Waals surface area contributed by atoms with Gasteiger partial charge in [0.1, 0.15) is 11.5 Å². The van der Waals surface area contributed by atoms with Crippen molar-refractivity contribution in [1.29, 1.82) is 0 Å². The summed E-state index contributed by atoms with van der Waals surface area (Å²) < 4.78 is 38.6. The first kappa shape index (κ1) is 18.5. The maximum atomic E-state index is 13.1. The number of piperidine rings is 1. The normalized spacial score (nSPS) is 15.7. The highest BCUT2D eigenvalue weighted by molar-refractivity contribution is 7.92. The quantitative estimate of drug-likeness (QED) is 0.633. The van der Waals surface area contributed by atoms with Crippen molar-refractivity contribution in [3.05, 3.63) is 66.2 Å². The summed E-state index contributed by atoms with van der Waals surface area (Å²) in [6.07, 6.45) is 2.10. The van der Waals surface area contributed by atoms with Crippen LogP contribution in [0.1, 0.15) is 23.3 Å². The van der Waals surface area contributed by atoms with Gasteiger partial charge in [-0.05, 0) is 49.2 Å². The van der Waals surface area contributed by atoms with Crippen molar-refractivity contribution in [3.8, 4) is 0 Å². The molecule has 144 valence electrons. The highest BCUT2D eigenvalue weighted by Crippen LogP contribution is 2.25. The van der Waals surface area contributed by atoms with Gasteiger partial charge in [-0.15, -0.1) is 0 Å². The highest BCUT2D eigenvalue weighted by Gasteiger charge is 2.33. The van der Waals surface area contributed by atoms with E-state index in [1.807, 2.05) is 18.2 Å². The van der Waals surface area contributed by atoms with Crippen molar-refractivity contribution in [3.63, 3.8) is 0 Å². The zero-order chi connectivity index (χ0) is 19.7. The molecule has 1 aliphatic rings. The van der Waals surface area contributed by atoms with Crippen molar-refractivity contribution < 1.29 is 17.6 Å². The number of fused-ring (bicyclic) bond motifs is 1. The van der Waals surface area contributed by atoms with E-state index >= 15 is 0 Å². The molecule has 2 heterocycles. The molecule has 0 radical (unpaired) electrons. The molecule has 6 nitrogen and oxygen atoms in total. The standard InChI is InChI=1S/C20H18FN3O3S/c21-14-5-7-15(8-6-14)28(26,27)16-9-11-24(12-10-16)20(25)19-13-22-17-3-1-2-4-18(17)23-19/h1-8,13,16H,9-12H2. The molecular weight excluding hydrogens is 381 g/mol. The van der Waals surface area contributed by atoms with E-state index < -0.39 is 20.9 Å². The first-order valence-electron chi connectivity index (χ1n) is 8.96. The summed E-state index contributed by atoms with van der Waals surface area (Å²) in [5.41, 5.74) is 1.60. The van der Waals surface area contributed by atoms with Crippen LogP contribution in [0.2, 0.25) is 0 Å². The highest BCUT2D eigenvalue weighted by atomic mass is 32.2. The van der Waals surface area contributed by atoms with Gasteiger partial charge < -0.3 is 4.90 Å². The molecule has 1 aliphatic heterocycles. The molecule has 1 aromatic heterocycles. The fourth-order valence-corrected chi connectivity index (χ4v) is 5.14. The maximum Gasteiger partial charge on any atom is 0.274 e. The number of carbonyl (C=O) groups is 1. The van der Waals surface area contributed by atoms with Crippen molar-refractivity contribution in [2.75, 3.05) is 13.1 Å². The fourth-order valence-electron chi connectivity index (χ4n) is 3.41. The molecule has 0 bridgehead atoms. The fraction of sp³-hybridized carbons (Fsp3) is 0.250. The third-order valence-corrected chi connectivity index (χ3v) is 7.26. The maximum absolute atomic E-state index is 13.1. The molecule has 8 heteroatoms. The third-order valence-electron chi connectivity index (χ3n) is 4.98. The molecule has 3 aromatic rings. The minimum atomic E-state index is -3.55. The number of rotatable bonds is 3. The lowest BCUT2D eigenvalue weighted by Crippen LogP contribution is -2.42.